The zero-order valence-electron chi connectivity index (χ0n) is 31.3. The molecule has 2 aliphatic heterocycles. The minimum absolute atomic E-state index is 0.000407. The van der Waals surface area contributed by atoms with Crippen LogP contribution in [0.4, 0.5) is 0 Å². The number of rotatable bonds is 14. The number of carbonyl (C=O) groups excluding carboxylic acids is 5. The highest BCUT2D eigenvalue weighted by Crippen LogP contribution is 2.47. The molecule has 0 radical (unpaired) electrons. The van der Waals surface area contributed by atoms with Crippen molar-refractivity contribution in [2.45, 2.75) is 123 Å². The number of benzene rings is 1. The summed E-state index contributed by atoms with van der Waals surface area (Å²) < 4.78 is 5.55. The van der Waals surface area contributed by atoms with Gasteiger partial charge in [-0.1, -0.05) is 39.3 Å². The molecule has 0 bridgehead atoms. The highest BCUT2D eigenvalue weighted by molar-refractivity contribution is 6.37. The summed E-state index contributed by atoms with van der Waals surface area (Å²) in [5.74, 6) is -2.51. The van der Waals surface area contributed by atoms with E-state index in [0.29, 0.717) is 31.4 Å². The van der Waals surface area contributed by atoms with E-state index in [0.717, 1.165) is 41.0 Å². The largest absolute Gasteiger partial charge is 0.496 e. The lowest BCUT2D eigenvalue weighted by Gasteiger charge is -2.35. The molecular formula is C39H52N6O7. The van der Waals surface area contributed by atoms with Gasteiger partial charge in [0.15, 0.2) is 11.4 Å². The molecule has 4 aliphatic rings. The summed E-state index contributed by atoms with van der Waals surface area (Å²) in [5.41, 5.74) is 2.65. The number of hydrogen-bond donors (Lipinski definition) is 3. The summed E-state index contributed by atoms with van der Waals surface area (Å²) in [6, 6.07) is 2.10. The Bertz CT molecular complexity index is 1740. The SMILES string of the molecule is CCC[C@H](CC(=O)C1C[C@]2(CC(c3cc(C)c(OC)c(C)c3)=NO2)CN1C(=O)[C@@H](NC(=O)[C@@H]1C[C@H]1c1cnc[nH]1)C(C)(C)C)C(=O)C(=O)NC1CC1. The Kier molecular flexibility index (Phi) is 10.4. The summed E-state index contributed by atoms with van der Waals surface area (Å²) in [4.78, 5) is 83.6. The first kappa shape index (κ1) is 37.2. The number of aromatic amines is 1. The fourth-order valence-electron chi connectivity index (χ4n) is 7.86. The molecule has 2 aromatic rings. The van der Waals surface area contributed by atoms with Crippen LogP contribution in [0.25, 0.3) is 0 Å². The molecule has 2 aliphatic carbocycles. The number of methoxy groups -OCH3 is 1. The topological polar surface area (TPSA) is 172 Å². The molecule has 1 unspecified atom stereocenters. The Balaban J connectivity index is 1.25. The van der Waals surface area contributed by atoms with E-state index in [2.05, 4.69) is 25.8 Å². The van der Waals surface area contributed by atoms with Gasteiger partial charge in [-0.15, -0.1) is 0 Å². The number of ketones is 2. The third-order valence-corrected chi connectivity index (χ3v) is 10.9. The van der Waals surface area contributed by atoms with Gasteiger partial charge in [0.05, 0.1) is 31.7 Å². The molecule has 280 valence electrons. The second-order valence-electron chi connectivity index (χ2n) is 16.3. The normalized spacial score (nSPS) is 24.9. The molecule has 6 rings (SSSR count). The van der Waals surface area contributed by atoms with Crippen LogP contribution in [-0.4, -0.2) is 87.2 Å². The number of carbonyl (C=O) groups is 5. The smallest absolute Gasteiger partial charge is 0.287 e. The monoisotopic (exact) mass is 716 g/mol. The summed E-state index contributed by atoms with van der Waals surface area (Å²) in [6.07, 6.45) is 6.93. The molecule has 13 nitrogen and oxygen atoms in total. The number of hydrogen-bond acceptors (Lipinski definition) is 9. The molecule has 1 aromatic carbocycles. The van der Waals surface area contributed by atoms with Crippen molar-refractivity contribution in [3.05, 3.63) is 47.0 Å². The Morgan fingerprint density at radius 2 is 1.85 bits per heavy atom. The quantitative estimate of drug-likeness (QED) is 0.246. The Morgan fingerprint density at radius 1 is 1.13 bits per heavy atom. The molecule has 13 heteroatoms. The van der Waals surface area contributed by atoms with Crippen LogP contribution in [0.15, 0.2) is 29.8 Å². The summed E-state index contributed by atoms with van der Waals surface area (Å²) in [5, 5.41) is 10.3. The van der Waals surface area contributed by atoms with Gasteiger partial charge in [-0.05, 0) is 68.2 Å². The van der Waals surface area contributed by atoms with Gasteiger partial charge in [-0.25, -0.2) is 4.98 Å². The summed E-state index contributed by atoms with van der Waals surface area (Å²) in [6.45, 7) is 11.6. The van der Waals surface area contributed by atoms with E-state index in [4.69, 9.17) is 9.57 Å². The van der Waals surface area contributed by atoms with Crippen LogP contribution in [0.2, 0.25) is 0 Å². The standard InChI is InChI=1S/C39H52N6O7/c1-8-9-23(32(47)36(49)42-25-10-11-25)14-31(46)30-17-39(16-28(44-52-39)24-12-21(2)33(51-7)22(3)13-24)19-45(30)37(50)34(38(4,5)6)43-35(48)27-15-26(27)29-18-40-20-41-29/h12-13,18,20,23,25-27,30,34H,8-11,14-17,19H2,1-7H3,(H,40,41)(H,42,49)(H,43,48)/t23-,26-,27-,30?,34-,39-/m1/s1. The van der Waals surface area contributed by atoms with Crippen molar-refractivity contribution in [2.24, 2.45) is 22.4 Å². The van der Waals surface area contributed by atoms with Crippen molar-refractivity contribution in [2.75, 3.05) is 13.7 Å². The number of aryl methyl sites for hydroxylation is 2. The van der Waals surface area contributed by atoms with E-state index in [1.807, 2.05) is 53.7 Å². The highest BCUT2D eigenvalue weighted by Gasteiger charge is 2.56. The first-order valence-electron chi connectivity index (χ1n) is 18.5. The second kappa shape index (κ2) is 14.5. The van der Waals surface area contributed by atoms with Gasteiger partial charge >= 0.3 is 0 Å². The van der Waals surface area contributed by atoms with Gasteiger partial charge in [0, 0.05) is 60.5 Å². The maximum Gasteiger partial charge on any atom is 0.287 e. The Labute approximate surface area is 305 Å². The van der Waals surface area contributed by atoms with Crippen LogP contribution in [0.5, 0.6) is 5.75 Å². The number of ether oxygens (including phenoxy) is 1. The molecule has 1 aromatic heterocycles. The van der Waals surface area contributed by atoms with E-state index in [1.54, 1.807) is 19.6 Å². The molecule has 3 heterocycles. The first-order chi connectivity index (χ1) is 24.6. The van der Waals surface area contributed by atoms with E-state index >= 15 is 0 Å². The van der Waals surface area contributed by atoms with Crippen LogP contribution in [-0.2, 0) is 28.8 Å². The van der Waals surface area contributed by atoms with Gasteiger partial charge in [0.1, 0.15) is 11.8 Å². The third kappa shape index (κ3) is 7.78. The average Bonchev–Trinajstić information content (AvgIpc) is 3.92. The number of likely N-dealkylation sites (tertiary alicyclic amines) is 1. The molecular weight excluding hydrogens is 664 g/mol. The van der Waals surface area contributed by atoms with Crippen molar-refractivity contribution < 1.29 is 33.5 Å². The number of H-pyrrole nitrogens is 1. The third-order valence-electron chi connectivity index (χ3n) is 10.9. The zero-order chi connectivity index (χ0) is 37.5. The molecule has 52 heavy (non-hydrogen) atoms. The second-order valence-corrected chi connectivity index (χ2v) is 16.3. The van der Waals surface area contributed by atoms with E-state index in [9.17, 15) is 24.0 Å². The molecule has 3 N–H and O–H groups in total. The van der Waals surface area contributed by atoms with Crippen molar-refractivity contribution in [3.63, 3.8) is 0 Å². The van der Waals surface area contributed by atoms with Crippen LogP contribution < -0.4 is 15.4 Å². The maximum atomic E-state index is 14.7. The number of Topliss-reactive ketones (excluding diaryl/α,β-unsaturated/α-hetero) is 2. The van der Waals surface area contributed by atoms with Gasteiger partial charge in [-0.3, -0.25) is 24.0 Å². The van der Waals surface area contributed by atoms with E-state index < -0.39 is 46.6 Å². The number of amides is 3. The number of oxime groups is 1. The minimum Gasteiger partial charge on any atom is -0.496 e. The Morgan fingerprint density at radius 3 is 2.44 bits per heavy atom. The molecule has 3 fully saturated rings. The molecule has 1 spiro atoms. The predicted octanol–water partition coefficient (Wildman–Crippen LogP) is 4.06. The van der Waals surface area contributed by atoms with Crippen LogP contribution in [0, 0.1) is 31.1 Å². The number of nitrogens with one attached hydrogen (secondary N) is 3. The van der Waals surface area contributed by atoms with Crippen molar-refractivity contribution >= 4 is 35.0 Å². The number of aromatic nitrogens is 2. The number of nitrogens with zero attached hydrogens (tertiary/aromatic N) is 3. The zero-order valence-corrected chi connectivity index (χ0v) is 31.3. The predicted molar refractivity (Wildman–Crippen MR) is 193 cm³/mol. The lowest BCUT2D eigenvalue weighted by atomic mass is 9.84. The van der Waals surface area contributed by atoms with Crippen molar-refractivity contribution in [1.82, 2.24) is 25.5 Å². The molecule has 3 amide bonds. The average molecular weight is 717 g/mol. The molecule has 2 saturated carbocycles. The fourth-order valence-corrected chi connectivity index (χ4v) is 7.86. The lowest BCUT2D eigenvalue weighted by molar-refractivity contribution is -0.145. The minimum atomic E-state index is -0.991. The van der Waals surface area contributed by atoms with Crippen LogP contribution in [0.3, 0.4) is 0 Å². The lowest BCUT2D eigenvalue weighted by Crippen LogP contribution is -2.57. The summed E-state index contributed by atoms with van der Waals surface area (Å²) >= 11 is 0. The maximum absolute atomic E-state index is 14.7. The van der Waals surface area contributed by atoms with Crippen molar-refractivity contribution in [1.29, 1.82) is 0 Å². The first-order valence-corrected chi connectivity index (χ1v) is 18.5. The van der Waals surface area contributed by atoms with Gasteiger partial charge < -0.3 is 30.1 Å². The van der Waals surface area contributed by atoms with Crippen LogP contribution in [0.1, 0.15) is 107 Å². The van der Waals surface area contributed by atoms with Gasteiger partial charge in [0.2, 0.25) is 17.6 Å². The van der Waals surface area contributed by atoms with Crippen molar-refractivity contribution in [3.8, 4) is 5.75 Å². The summed E-state index contributed by atoms with van der Waals surface area (Å²) in [7, 11) is 1.63. The molecule has 6 atom stereocenters. The van der Waals surface area contributed by atoms with Gasteiger partial charge in [0.25, 0.3) is 5.91 Å². The van der Waals surface area contributed by atoms with E-state index in [1.165, 1.54) is 4.90 Å². The molecule has 1 saturated heterocycles. The van der Waals surface area contributed by atoms with E-state index in [-0.39, 0.29) is 49.0 Å². The highest BCUT2D eigenvalue weighted by atomic mass is 16.7. The number of imidazole rings is 1. The van der Waals surface area contributed by atoms with Gasteiger partial charge in [-0.2, -0.15) is 0 Å². The van der Waals surface area contributed by atoms with Crippen LogP contribution >= 0.6 is 0 Å². The fraction of sp³-hybridized carbons (Fsp3) is 0.615. The Hall–Kier alpha value is -4.55.